The van der Waals surface area contributed by atoms with Gasteiger partial charge in [-0.05, 0) is 12.8 Å². The first kappa shape index (κ1) is 26.9. The summed E-state index contributed by atoms with van der Waals surface area (Å²) in [6, 6.07) is 0. The van der Waals surface area contributed by atoms with E-state index in [0.29, 0.717) is 12.8 Å². The number of rotatable bonds is 17. The largest absolute Gasteiger partial charge is 0.480 e. The monoisotopic (exact) mass is 436 g/mol. The van der Waals surface area contributed by atoms with Gasteiger partial charge in [-0.2, -0.15) is 0 Å². The van der Waals surface area contributed by atoms with Crippen molar-refractivity contribution < 1.29 is 29.4 Å². The van der Waals surface area contributed by atoms with Crippen molar-refractivity contribution in [2.75, 3.05) is 11.5 Å². The lowest BCUT2D eigenvalue weighted by Crippen LogP contribution is -2.58. The summed E-state index contributed by atoms with van der Waals surface area (Å²) in [5.41, 5.74) is 7.55. The minimum Gasteiger partial charge on any atom is -0.480 e. The Morgan fingerprint density at radius 2 is 1.04 bits per heavy atom. The number of ketones is 2. The number of carbonyl (C=O) groups excluding carboxylic acids is 2. The number of aliphatic carboxylic acids is 2. The predicted molar refractivity (Wildman–Crippen MR) is 112 cm³/mol. The summed E-state index contributed by atoms with van der Waals surface area (Å²) in [5, 5.41) is 18.7. The van der Waals surface area contributed by atoms with E-state index < -0.39 is 34.6 Å². The minimum atomic E-state index is -2.04. The first-order chi connectivity index (χ1) is 13.1. The molecule has 2 atom stereocenters. The standard InChI is InChI=1S/C18H32N2O6S2/c1-3-5-7-9-13(21)17(19,15(23)24)11-27-28-12-18(20,16(25)26)14(22)10-8-6-4-2/h3-12,19-20H2,1-2H3,(H,23,24)(H,25,26)/t17-,18-/m1/s1. The second-order valence-corrected chi connectivity index (χ2v) is 9.30. The van der Waals surface area contributed by atoms with Crippen molar-refractivity contribution in [2.45, 2.75) is 76.3 Å². The lowest BCUT2D eigenvalue weighted by Gasteiger charge is -2.25. The summed E-state index contributed by atoms with van der Waals surface area (Å²) in [7, 11) is 1.88. The predicted octanol–water partition coefficient (Wildman–Crippen LogP) is 2.23. The Morgan fingerprint density at radius 1 is 0.714 bits per heavy atom. The van der Waals surface area contributed by atoms with Gasteiger partial charge in [0, 0.05) is 24.3 Å². The molecule has 0 aromatic heterocycles. The van der Waals surface area contributed by atoms with E-state index in [2.05, 4.69) is 0 Å². The number of carboxylic acid groups (broad SMARTS) is 2. The second kappa shape index (κ2) is 13.2. The van der Waals surface area contributed by atoms with Gasteiger partial charge >= 0.3 is 11.9 Å². The summed E-state index contributed by atoms with van der Waals surface area (Å²) in [5.74, 6) is -4.44. The Bertz CT molecular complexity index is 512. The first-order valence-corrected chi connectivity index (χ1v) is 11.9. The fourth-order valence-electron chi connectivity index (χ4n) is 2.31. The van der Waals surface area contributed by atoms with Gasteiger partial charge in [0.2, 0.25) is 0 Å². The normalized spacial score (nSPS) is 15.4. The van der Waals surface area contributed by atoms with Crippen LogP contribution in [0, 0.1) is 0 Å². The van der Waals surface area contributed by atoms with E-state index in [1.165, 1.54) is 0 Å². The molecule has 162 valence electrons. The van der Waals surface area contributed by atoms with Crippen molar-refractivity contribution in [3.8, 4) is 0 Å². The number of nitrogens with two attached hydrogens (primary N) is 2. The summed E-state index contributed by atoms with van der Waals surface area (Å²) < 4.78 is 0. The highest BCUT2D eigenvalue weighted by Crippen LogP contribution is 2.30. The SMILES string of the molecule is CCCCCC(=O)[C@](N)(CSSC[C@](N)(C(=O)O)C(=O)CCCCC)C(=O)O. The summed E-state index contributed by atoms with van der Waals surface area (Å²) >= 11 is 0. The number of unbranched alkanes of at least 4 members (excludes halogenated alkanes) is 4. The quantitative estimate of drug-likeness (QED) is 0.151. The number of carbonyl (C=O) groups is 4. The lowest BCUT2D eigenvalue weighted by atomic mass is 9.93. The first-order valence-electron chi connectivity index (χ1n) is 9.41. The Kier molecular flexibility index (Phi) is 12.7. The second-order valence-electron chi connectivity index (χ2n) is 6.84. The number of hydrogen-bond donors (Lipinski definition) is 4. The van der Waals surface area contributed by atoms with Crippen LogP contribution in [0.25, 0.3) is 0 Å². The smallest absolute Gasteiger partial charge is 0.332 e. The molecule has 0 aromatic rings. The van der Waals surface area contributed by atoms with Crippen molar-refractivity contribution in [3.63, 3.8) is 0 Å². The molecule has 0 saturated heterocycles. The Hall–Kier alpha value is -1.10. The third-order valence-corrected chi connectivity index (χ3v) is 6.95. The van der Waals surface area contributed by atoms with Crippen molar-refractivity contribution in [1.29, 1.82) is 0 Å². The molecule has 0 saturated carbocycles. The third-order valence-electron chi connectivity index (χ3n) is 4.43. The molecule has 0 fully saturated rings. The maximum atomic E-state index is 12.2. The van der Waals surface area contributed by atoms with Crippen LogP contribution in [0.5, 0.6) is 0 Å². The van der Waals surface area contributed by atoms with Gasteiger partial charge in [0.1, 0.15) is 0 Å². The highest BCUT2D eigenvalue weighted by Gasteiger charge is 2.43. The zero-order valence-electron chi connectivity index (χ0n) is 16.6. The van der Waals surface area contributed by atoms with Gasteiger partial charge in [-0.1, -0.05) is 61.1 Å². The molecule has 10 heteroatoms. The van der Waals surface area contributed by atoms with Gasteiger partial charge in [0.15, 0.2) is 22.6 Å². The van der Waals surface area contributed by atoms with Crippen LogP contribution in [0.1, 0.15) is 65.2 Å². The van der Waals surface area contributed by atoms with Gasteiger partial charge in [-0.25, -0.2) is 9.59 Å². The van der Waals surface area contributed by atoms with Crippen LogP contribution in [0.15, 0.2) is 0 Å². The molecular formula is C18H32N2O6S2. The molecule has 8 nitrogen and oxygen atoms in total. The van der Waals surface area contributed by atoms with Gasteiger partial charge in [-0.3, -0.25) is 9.59 Å². The van der Waals surface area contributed by atoms with E-state index in [0.717, 1.165) is 47.3 Å². The maximum Gasteiger partial charge on any atom is 0.332 e. The van der Waals surface area contributed by atoms with E-state index in [1.54, 1.807) is 0 Å². The van der Waals surface area contributed by atoms with Gasteiger partial charge in [-0.15, -0.1) is 0 Å². The molecule has 0 radical (unpaired) electrons. The molecule has 0 spiro atoms. The van der Waals surface area contributed by atoms with Crippen molar-refractivity contribution in [1.82, 2.24) is 0 Å². The zero-order chi connectivity index (χ0) is 21.8. The molecule has 0 heterocycles. The summed E-state index contributed by atoms with van der Waals surface area (Å²) in [4.78, 5) is 47.5. The molecule has 0 amide bonds. The average Bonchev–Trinajstić information content (AvgIpc) is 2.64. The molecule has 28 heavy (non-hydrogen) atoms. The van der Waals surface area contributed by atoms with Crippen LogP contribution in [-0.2, 0) is 19.2 Å². The maximum absolute atomic E-state index is 12.2. The zero-order valence-corrected chi connectivity index (χ0v) is 18.2. The van der Waals surface area contributed by atoms with E-state index in [-0.39, 0.29) is 24.3 Å². The van der Waals surface area contributed by atoms with E-state index in [1.807, 2.05) is 13.8 Å². The van der Waals surface area contributed by atoms with Crippen LogP contribution in [0.4, 0.5) is 0 Å². The number of hydrogen-bond acceptors (Lipinski definition) is 8. The Labute approximate surface area is 174 Å². The summed E-state index contributed by atoms with van der Waals surface area (Å²) in [6.07, 6.45) is 4.68. The van der Waals surface area contributed by atoms with Crippen molar-refractivity contribution in [2.24, 2.45) is 11.5 Å². The molecule has 0 rings (SSSR count). The highest BCUT2D eigenvalue weighted by atomic mass is 33.1. The van der Waals surface area contributed by atoms with Crippen molar-refractivity contribution >= 4 is 45.1 Å². The lowest BCUT2D eigenvalue weighted by molar-refractivity contribution is -0.148. The fraction of sp³-hybridized carbons (Fsp3) is 0.778. The average molecular weight is 437 g/mol. The van der Waals surface area contributed by atoms with Crippen molar-refractivity contribution in [3.05, 3.63) is 0 Å². The van der Waals surface area contributed by atoms with Crippen LogP contribution < -0.4 is 11.5 Å². The molecule has 0 aromatic carbocycles. The fourth-order valence-corrected chi connectivity index (χ4v) is 5.03. The van der Waals surface area contributed by atoms with Crippen LogP contribution in [0.3, 0.4) is 0 Å². The topological polar surface area (TPSA) is 161 Å². The summed E-state index contributed by atoms with van der Waals surface area (Å²) in [6.45, 7) is 3.93. The minimum absolute atomic E-state index is 0.0771. The molecule has 0 aliphatic heterocycles. The van der Waals surface area contributed by atoms with E-state index >= 15 is 0 Å². The van der Waals surface area contributed by atoms with Gasteiger partial charge in [0.05, 0.1) is 0 Å². The van der Waals surface area contributed by atoms with E-state index in [9.17, 15) is 29.4 Å². The van der Waals surface area contributed by atoms with E-state index in [4.69, 9.17) is 11.5 Å². The van der Waals surface area contributed by atoms with Crippen LogP contribution >= 0.6 is 21.6 Å². The molecule has 0 bridgehead atoms. The van der Waals surface area contributed by atoms with Crippen LogP contribution in [-0.4, -0.2) is 56.3 Å². The molecule has 0 unspecified atom stereocenters. The van der Waals surface area contributed by atoms with Crippen LogP contribution in [0.2, 0.25) is 0 Å². The van der Waals surface area contributed by atoms with Gasteiger partial charge < -0.3 is 21.7 Å². The number of Topliss-reactive ketones (excluding diaryl/α,β-unsaturated/α-hetero) is 2. The molecular weight excluding hydrogens is 404 g/mol. The highest BCUT2D eigenvalue weighted by molar-refractivity contribution is 8.76. The molecule has 0 aliphatic carbocycles. The molecule has 0 aliphatic rings. The van der Waals surface area contributed by atoms with Gasteiger partial charge in [0.25, 0.3) is 0 Å². The molecule has 6 N–H and O–H groups in total. The third kappa shape index (κ3) is 8.10. The number of carboxylic acids is 2. The Balaban J connectivity index is 4.81. The Morgan fingerprint density at radius 3 is 1.29 bits per heavy atom.